The second-order valence-corrected chi connectivity index (χ2v) is 0.887. The molecule has 4 heteroatoms. The molecule has 0 aliphatic rings. The van der Waals surface area contributed by atoms with Crippen molar-refractivity contribution in [3.63, 3.8) is 0 Å². The van der Waals surface area contributed by atoms with Gasteiger partial charge in [0.1, 0.15) is 0 Å². The molecule has 0 saturated carbocycles. The second kappa shape index (κ2) is 9.46. The van der Waals surface area contributed by atoms with Crippen molar-refractivity contribution in [3.8, 4) is 0 Å². The van der Waals surface area contributed by atoms with Crippen LogP contribution in [0.25, 0.3) is 0 Å². The zero-order chi connectivity index (χ0) is 4.99. The smallest absolute Gasteiger partial charge is 0.307 e. The maximum absolute atomic E-state index is 9.53. The van der Waals surface area contributed by atoms with Crippen molar-refractivity contribution in [1.82, 2.24) is 12.3 Å². The fourth-order valence-electron chi connectivity index (χ4n) is 0.123. The molecule has 0 aromatic carbocycles. The Bertz CT molecular complexity index is 72.4. The first kappa shape index (κ1) is 15.7. The third-order valence-corrected chi connectivity index (χ3v) is 0.319. The topological polar surface area (TPSA) is 107 Å². The largest absolute Gasteiger partial charge is 0.481 e. The average Bonchev–Trinajstić information content (AvgIpc) is 1.35. The predicted octanol–water partition coefficient (Wildman–Crippen LogP) is 0.971. The average molecular weight is 120 g/mol. The van der Waals surface area contributed by atoms with Gasteiger partial charge in [-0.3, -0.25) is 4.79 Å². The molecule has 50 valence electrons. The number of carbonyl (C=O) groups is 1. The third kappa shape index (κ3) is 19.3. The van der Waals surface area contributed by atoms with Crippen LogP contribution in [0.2, 0.25) is 0 Å². The molecule has 0 saturated heterocycles. The maximum atomic E-state index is 9.53. The molecule has 0 aliphatic carbocycles. The van der Waals surface area contributed by atoms with Crippen molar-refractivity contribution < 1.29 is 9.90 Å². The van der Waals surface area contributed by atoms with Gasteiger partial charge in [-0.15, -0.1) is 6.58 Å². The molecule has 0 atom stereocenters. The van der Waals surface area contributed by atoms with Crippen molar-refractivity contribution in [3.05, 3.63) is 12.7 Å². The van der Waals surface area contributed by atoms with Crippen LogP contribution < -0.4 is 12.3 Å². The minimum absolute atomic E-state index is 0. The van der Waals surface area contributed by atoms with Crippen molar-refractivity contribution in [2.45, 2.75) is 6.42 Å². The molecule has 0 fully saturated rings. The van der Waals surface area contributed by atoms with Crippen molar-refractivity contribution in [1.29, 1.82) is 0 Å². The Hall–Kier alpha value is -0.870. The van der Waals surface area contributed by atoms with Crippen molar-refractivity contribution in [2.24, 2.45) is 0 Å². The van der Waals surface area contributed by atoms with E-state index in [9.17, 15) is 4.79 Å². The van der Waals surface area contributed by atoms with Gasteiger partial charge in [0.2, 0.25) is 0 Å². The maximum Gasteiger partial charge on any atom is 0.307 e. The molecule has 0 heterocycles. The van der Waals surface area contributed by atoms with Gasteiger partial charge >= 0.3 is 5.97 Å². The van der Waals surface area contributed by atoms with Crippen LogP contribution in [0.4, 0.5) is 0 Å². The highest BCUT2D eigenvalue weighted by molar-refractivity contribution is 5.68. The summed E-state index contributed by atoms with van der Waals surface area (Å²) in [6, 6.07) is 0. The molecular weight excluding hydrogens is 108 g/mol. The number of carboxylic acids is 1. The Morgan fingerprint density at radius 2 is 2.00 bits per heavy atom. The second-order valence-electron chi connectivity index (χ2n) is 0.887. The minimum Gasteiger partial charge on any atom is -0.481 e. The van der Waals surface area contributed by atoms with Gasteiger partial charge in [0.15, 0.2) is 0 Å². The standard InChI is InChI=1S/C4H6O2.2H3N/c1-2-3-4(5)6;;/h2H,1,3H2,(H,5,6);2*1H3. The van der Waals surface area contributed by atoms with Gasteiger partial charge in [-0.25, -0.2) is 0 Å². The molecule has 8 heavy (non-hydrogen) atoms. The van der Waals surface area contributed by atoms with Crippen LogP contribution in [0, 0.1) is 0 Å². The van der Waals surface area contributed by atoms with Gasteiger partial charge in [-0.05, 0) is 0 Å². The fraction of sp³-hybridized carbons (Fsp3) is 0.250. The van der Waals surface area contributed by atoms with Crippen LogP contribution in [0.5, 0.6) is 0 Å². The first-order chi connectivity index (χ1) is 2.77. The highest BCUT2D eigenvalue weighted by atomic mass is 16.4. The number of rotatable bonds is 2. The predicted molar refractivity (Wildman–Crippen MR) is 32.5 cm³/mol. The summed E-state index contributed by atoms with van der Waals surface area (Å²) in [7, 11) is 0. The van der Waals surface area contributed by atoms with Crippen LogP contribution in [0.15, 0.2) is 12.7 Å². The summed E-state index contributed by atoms with van der Waals surface area (Å²) in [5.74, 6) is -0.829. The first-order valence-corrected chi connectivity index (χ1v) is 1.60. The van der Waals surface area contributed by atoms with Gasteiger partial charge in [0.25, 0.3) is 0 Å². The molecule has 7 N–H and O–H groups in total. The zero-order valence-electron chi connectivity index (χ0n) is 4.76. The Labute approximate surface area is 48.4 Å². The van der Waals surface area contributed by atoms with Crippen LogP contribution in [-0.2, 0) is 4.79 Å². The molecular formula is C4H12N2O2. The summed E-state index contributed by atoms with van der Waals surface area (Å²) >= 11 is 0. The zero-order valence-corrected chi connectivity index (χ0v) is 4.76. The molecule has 0 amide bonds. The number of hydrogen-bond donors (Lipinski definition) is 3. The summed E-state index contributed by atoms with van der Waals surface area (Å²) < 4.78 is 0. The van der Waals surface area contributed by atoms with E-state index in [1.807, 2.05) is 0 Å². The highest BCUT2D eigenvalue weighted by Gasteiger charge is 1.84. The number of aliphatic carboxylic acids is 1. The lowest BCUT2D eigenvalue weighted by Crippen LogP contribution is -1.88. The Balaban J connectivity index is -0.000000125. The van der Waals surface area contributed by atoms with Gasteiger partial charge in [-0.2, -0.15) is 0 Å². The molecule has 0 spiro atoms. The summed E-state index contributed by atoms with van der Waals surface area (Å²) in [6.07, 6.45) is 1.41. The SMILES string of the molecule is C=CCC(=O)O.N.N. The molecule has 0 rings (SSSR count). The molecule has 0 aliphatic heterocycles. The van der Waals surface area contributed by atoms with Crippen molar-refractivity contribution >= 4 is 5.97 Å². The summed E-state index contributed by atoms with van der Waals surface area (Å²) in [5.41, 5.74) is 0. The third-order valence-electron chi connectivity index (χ3n) is 0.319. The number of hydrogen-bond acceptors (Lipinski definition) is 3. The summed E-state index contributed by atoms with van der Waals surface area (Å²) in [4.78, 5) is 9.53. The van der Waals surface area contributed by atoms with E-state index in [0.717, 1.165) is 0 Å². The van der Waals surface area contributed by atoms with E-state index >= 15 is 0 Å². The number of carboxylic acid groups (broad SMARTS) is 1. The fourth-order valence-corrected chi connectivity index (χ4v) is 0.123. The molecule has 0 aromatic rings. The van der Waals surface area contributed by atoms with Crippen molar-refractivity contribution in [2.75, 3.05) is 0 Å². The molecule has 0 unspecified atom stereocenters. The lowest BCUT2D eigenvalue weighted by molar-refractivity contribution is -0.135. The lowest BCUT2D eigenvalue weighted by Gasteiger charge is -1.75. The van der Waals surface area contributed by atoms with E-state index < -0.39 is 5.97 Å². The van der Waals surface area contributed by atoms with Gasteiger partial charge in [0, 0.05) is 0 Å². The van der Waals surface area contributed by atoms with Crippen LogP contribution >= 0.6 is 0 Å². The highest BCUT2D eigenvalue weighted by Crippen LogP contribution is 1.74. The van der Waals surface area contributed by atoms with E-state index in [-0.39, 0.29) is 18.7 Å². The first-order valence-electron chi connectivity index (χ1n) is 1.60. The van der Waals surface area contributed by atoms with E-state index in [0.29, 0.717) is 0 Å². The lowest BCUT2D eigenvalue weighted by atomic mass is 10.4. The van der Waals surface area contributed by atoms with Crippen LogP contribution in [0.1, 0.15) is 6.42 Å². The van der Waals surface area contributed by atoms with Gasteiger partial charge in [0.05, 0.1) is 6.42 Å². The molecule has 0 radical (unpaired) electrons. The van der Waals surface area contributed by atoms with Crippen LogP contribution in [-0.4, -0.2) is 11.1 Å². The Morgan fingerprint density at radius 1 is 1.62 bits per heavy atom. The normalized spacial score (nSPS) is 5.50. The monoisotopic (exact) mass is 120 g/mol. The van der Waals surface area contributed by atoms with E-state index in [1.165, 1.54) is 6.08 Å². The van der Waals surface area contributed by atoms with Gasteiger partial charge < -0.3 is 17.4 Å². The minimum atomic E-state index is -0.829. The van der Waals surface area contributed by atoms with E-state index in [1.54, 1.807) is 0 Å². The Kier molecular flexibility index (Phi) is 18.6. The van der Waals surface area contributed by atoms with Crippen LogP contribution in [0.3, 0.4) is 0 Å². The Morgan fingerprint density at radius 3 is 2.00 bits per heavy atom. The van der Waals surface area contributed by atoms with Gasteiger partial charge in [-0.1, -0.05) is 6.08 Å². The molecule has 0 bridgehead atoms. The van der Waals surface area contributed by atoms with E-state index in [4.69, 9.17) is 5.11 Å². The van der Waals surface area contributed by atoms with E-state index in [2.05, 4.69) is 6.58 Å². The summed E-state index contributed by atoms with van der Waals surface area (Å²) in [6.45, 7) is 3.22. The quantitative estimate of drug-likeness (QED) is 0.472. The molecule has 4 nitrogen and oxygen atoms in total. The summed E-state index contributed by atoms with van der Waals surface area (Å²) in [5, 5.41) is 7.84. The molecule has 0 aromatic heterocycles.